The fraction of sp³-hybridized carbons (Fsp3) is 0.583. The van der Waals surface area contributed by atoms with Gasteiger partial charge in [0.15, 0.2) is 9.84 Å². The van der Waals surface area contributed by atoms with E-state index in [0.29, 0.717) is 45.7 Å². The van der Waals surface area contributed by atoms with Crippen molar-refractivity contribution in [2.45, 2.75) is 62.4 Å². The molecule has 0 saturated carbocycles. The Morgan fingerprint density at radius 3 is 2.21 bits per heavy atom. The molecule has 48 heavy (non-hydrogen) atoms. The summed E-state index contributed by atoms with van der Waals surface area (Å²) < 4.78 is 33.9. The molecule has 2 aromatic rings. The highest BCUT2D eigenvalue weighted by Gasteiger charge is 2.30. The average Bonchev–Trinajstić information content (AvgIpc) is 3.09. The van der Waals surface area contributed by atoms with E-state index in [1.807, 2.05) is 30.0 Å². The average molecular weight is 685 g/mol. The number of sulfone groups is 1. The number of amides is 3. The minimum Gasteiger partial charge on any atom is -0.382 e. The van der Waals surface area contributed by atoms with Crippen LogP contribution >= 0.6 is 0 Å². The first kappa shape index (κ1) is 37.5. The van der Waals surface area contributed by atoms with Gasteiger partial charge in [0, 0.05) is 64.6 Å². The zero-order valence-electron chi connectivity index (χ0n) is 28.6. The predicted molar refractivity (Wildman–Crippen MR) is 184 cm³/mol. The molecule has 0 radical (unpaired) electrons. The number of carbonyl (C=O) groups is 3. The van der Waals surface area contributed by atoms with E-state index >= 15 is 0 Å². The van der Waals surface area contributed by atoms with Gasteiger partial charge in [-0.25, -0.2) is 8.42 Å². The molecule has 3 amide bonds. The van der Waals surface area contributed by atoms with Crippen molar-refractivity contribution in [2.75, 3.05) is 72.5 Å². The van der Waals surface area contributed by atoms with Gasteiger partial charge in [0.05, 0.1) is 30.6 Å². The maximum atomic E-state index is 13.4. The van der Waals surface area contributed by atoms with E-state index in [1.54, 1.807) is 36.3 Å². The number of methoxy groups -OCH3 is 1. The Morgan fingerprint density at radius 2 is 1.60 bits per heavy atom. The summed E-state index contributed by atoms with van der Waals surface area (Å²) in [6.45, 7) is 7.15. The Hall–Kier alpha value is -3.32. The van der Waals surface area contributed by atoms with Crippen molar-refractivity contribution in [3.05, 3.63) is 65.7 Å². The molecule has 2 saturated heterocycles. The number of hydrogen-bond acceptors (Lipinski definition) is 8. The van der Waals surface area contributed by atoms with Gasteiger partial charge in [-0.1, -0.05) is 42.5 Å². The van der Waals surface area contributed by atoms with Gasteiger partial charge in [-0.15, -0.1) is 0 Å². The topological polar surface area (TPSA) is 126 Å². The van der Waals surface area contributed by atoms with E-state index in [-0.39, 0.29) is 53.6 Å². The normalized spacial score (nSPS) is 17.2. The maximum Gasteiger partial charge on any atom is 0.248 e. The SMILES string of the molecule is CCN(C(=O)Cc1ccc(S(C)(=O)=O)cc1)C1CCN(CC[C@H](NC(=O)C2CCN(C(=O)COCCOC)CC2)c2ccccc2)CC1. The van der Waals surface area contributed by atoms with E-state index < -0.39 is 9.84 Å². The van der Waals surface area contributed by atoms with Crippen molar-refractivity contribution in [2.24, 2.45) is 5.92 Å². The highest BCUT2D eigenvalue weighted by Crippen LogP contribution is 2.24. The maximum absolute atomic E-state index is 13.4. The molecule has 1 atom stereocenters. The van der Waals surface area contributed by atoms with Crippen molar-refractivity contribution < 1.29 is 32.3 Å². The predicted octanol–water partition coefficient (Wildman–Crippen LogP) is 3.09. The number of nitrogens with zero attached hydrogens (tertiary/aromatic N) is 3. The number of likely N-dealkylation sites (tertiary alicyclic amines) is 2. The second-order valence-electron chi connectivity index (χ2n) is 12.8. The zero-order valence-corrected chi connectivity index (χ0v) is 29.5. The van der Waals surface area contributed by atoms with Crippen LogP contribution in [0.5, 0.6) is 0 Å². The molecule has 264 valence electrons. The lowest BCUT2D eigenvalue weighted by molar-refractivity contribution is -0.140. The van der Waals surface area contributed by atoms with Gasteiger partial charge in [-0.3, -0.25) is 14.4 Å². The standard InChI is InChI=1S/C36H52N4O7S/c1-4-40(34(41)26-28-10-12-32(13-11-28)48(3,44)45)31-16-19-38(20-17-31)21-18-33(29-8-6-5-7-9-29)37-36(43)30-14-22-39(23-15-30)35(42)27-47-25-24-46-2/h5-13,30-31,33H,4,14-27H2,1-3H3,(H,37,43)/t33-/m0/s1. The second-order valence-corrected chi connectivity index (χ2v) is 14.8. The lowest BCUT2D eigenvalue weighted by Crippen LogP contribution is -2.48. The number of nitrogens with one attached hydrogen (secondary N) is 1. The molecule has 0 bridgehead atoms. The van der Waals surface area contributed by atoms with Crippen LogP contribution in [-0.4, -0.2) is 119 Å². The number of benzene rings is 2. The first-order valence-electron chi connectivity index (χ1n) is 17.1. The van der Waals surface area contributed by atoms with E-state index in [9.17, 15) is 22.8 Å². The second kappa shape index (κ2) is 18.4. The number of rotatable bonds is 16. The first-order chi connectivity index (χ1) is 23.1. The fourth-order valence-corrected chi connectivity index (χ4v) is 7.25. The quantitative estimate of drug-likeness (QED) is 0.268. The Balaban J connectivity index is 1.25. The van der Waals surface area contributed by atoms with Crippen molar-refractivity contribution in [3.63, 3.8) is 0 Å². The largest absolute Gasteiger partial charge is 0.382 e. The van der Waals surface area contributed by atoms with Crippen molar-refractivity contribution in [1.82, 2.24) is 20.0 Å². The number of carbonyl (C=O) groups excluding carboxylic acids is 3. The lowest BCUT2D eigenvalue weighted by Gasteiger charge is -2.39. The Morgan fingerprint density at radius 1 is 0.938 bits per heavy atom. The van der Waals surface area contributed by atoms with E-state index in [0.717, 1.165) is 50.0 Å². The molecule has 11 nitrogen and oxygen atoms in total. The summed E-state index contributed by atoms with van der Waals surface area (Å²) in [6, 6.07) is 16.7. The minimum atomic E-state index is -3.28. The summed E-state index contributed by atoms with van der Waals surface area (Å²) in [5.41, 5.74) is 1.88. The molecule has 1 N–H and O–H groups in total. The molecule has 2 aromatic carbocycles. The summed E-state index contributed by atoms with van der Waals surface area (Å²) in [5.74, 6) is -0.0984. The summed E-state index contributed by atoms with van der Waals surface area (Å²) in [5, 5.41) is 3.33. The molecular formula is C36H52N4O7S. The first-order valence-corrected chi connectivity index (χ1v) is 19.0. The van der Waals surface area contributed by atoms with Crippen molar-refractivity contribution in [3.8, 4) is 0 Å². The monoisotopic (exact) mass is 684 g/mol. The number of likely N-dealkylation sites (N-methyl/N-ethyl adjacent to an activating group) is 1. The summed E-state index contributed by atoms with van der Waals surface area (Å²) in [4.78, 5) is 45.6. The summed E-state index contributed by atoms with van der Waals surface area (Å²) >= 11 is 0. The molecule has 2 aliphatic rings. The van der Waals surface area contributed by atoms with Crippen molar-refractivity contribution in [1.29, 1.82) is 0 Å². The van der Waals surface area contributed by atoms with Crippen LogP contribution in [0, 0.1) is 5.92 Å². The summed E-state index contributed by atoms with van der Waals surface area (Å²) in [7, 11) is -1.68. The third-order valence-corrected chi connectivity index (χ3v) is 10.6. The Bertz CT molecular complexity index is 1420. The number of hydrogen-bond donors (Lipinski definition) is 1. The van der Waals surface area contributed by atoms with Crippen LogP contribution in [-0.2, 0) is 40.1 Å². The van der Waals surface area contributed by atoms with Crippen molar-refractivity contribution >= 4 is 27.6 Å². The van der Waals surface area contributed by atoms with Gasteiger partial charge in [0.1, 0.15) is 6.61 Å². The smallest absolute Gasteiger partial charge is 0.248 e. The number of ether oxygens (including phenoxy) is 2. The molecule has 4 rings (SSSR count). The van der Waals surface area contributed by atoms with Crippen LogP contribution in [0.2, 0.25) is 0 Å². The van der Waals surface area contributed by atoms with Gasteiger partial charge in [0.2, 0.25) is 17.7 Å². The zero-order chi connectivity index (χ0) is 34.5. The molecule has 0 spiro atoms. The van der Waals surface area contributed by atoms with E-state index in [2.05, 4.69) is 22.3 Å². The highest BCUT2D eigenvalue weighted by molar-refractivity contribution is 7.90. The fourth-order valence-electron chi connectivity index (χ4n) is 6.62. The van der Waals surface area contributed by atoms with Gasteiger partial charge < -0.3 is 29.5 Å². The van der Waals surface area contributed by atoms with Gasteiger partial charge >= 0.3 is 0 Å². The van der Waals surface area contributed by atoms with Gasteiger partial charge in [-0.2, -0.15) is 0 Å². The van der Waals surface area contributed by atoms with Gasteiger partial charge in [-0.05, 0) is 62.3 Å². The Labute approximate surface area is 285 Å². The minimum absolute atomic E-state index is 0.0315. The molecule has 0 unspecified atom stereocenters. The number of piperidine rings is 2. The van der Waals surface area contributed by atoms with E-state index in [1.165, 1.54) is 6.26 Å². The molecule has 2 heterocycles. The molecule has 2 fully saturated rings. The van der Waals surface area contributed by atoms with E-state index in [4.69, 9.17) is 9.47 Å². The Kier molecular flexibility index (Phi) is 14.4. The van der Waals surface area contributed by atoms with Crippen LogP contribution < -0.4 is 5.32 Å². The third kappa shape index (κ3) is 11.1. The summed E-state index contributed by atoms with van der Waals surface area (Å²) in [6.07, 6.45) is 5.21. The molecule has 0 aliphatic carbocycles. The highest BCUT2D eigenvalue weighted by atomic mass is 32.2. The van der Waals surface area contributed by atoms with Crippen LogP contribution in [0.15, 0.2) is 59.5 Å². The lowest BCUT2D eigenvalue weighted by atomic mass is 9.94. The third-order valence-electron chi connectivity index (χ3n) is 9.49. The van der Waals surface area contributed by atoms with Gasteiger partial charge in [0.25, 0.3) is 0 Å². The van der Waals surface area contributed by atoms with Crippen LogP contribution in [0.1, 0.15) is 56.2 Å². The van der Waals surface area contributed by atoms with Crippen LogP contribution in [0.25, 0.3) is 0 Å². The molecule has 0 aromatic heterocycles. The molecular weight excluding hydrogens is 632 g/mol. The molecule has 12 heteroatoms. The molecule has 2 aliphatic heterocycles. The van der Waals surface area contributed by atoms with Crippen LogP contribution in [0.3, 0.4) is 0 Å². The van der Waals surface area contributed by atoms with Crippen LogP contribution in [0.4, 0.5) is 0 Å².